The van der Waals surface area contributed by atoms with Gasteiger partial charge in [0.25, 0.3) is 0 Å². The highest BCUT2D eigenvalue weighted by atomic mass is 31.2. The van der Waals surface area contributed by atoms with Crippen LogP contribution in [0.2, 0.25) is 0 Å². The number of aliphatic hydroxyl groups excluding tert-OH is 1. The fourth-order valence-corrected chi connectivity index (χ4v) is 9.34. The highest BCUT2D eigenvalue weighted by Gasteiger charge is 2.27. The van der Waals surface area contributed by atoms with E-state index >= 15 is 0 Å². The van der Waals surface area contributed by atoms with Crippen molar-refractivity contribution in [3.8, 4) is 0 Å². The second-order valence-corrected chi connectivity index (χ2v) is 22.8. The molecule has 3 N–H and O–H groups in total. The molecule has 0 aromatic carbocycles. The van der Waals surface area contributed by atoms with Crippen LogP contribution >= 0.6 is 7.82 Å². The molecule has 0 fully saturated rings. The first-order chi connectivity index (χ1) is 33.5. The summed E-state index contributed by atoms with van der Waals surface area (Å²) in [5, 5.41) is 13.9. The molecule has 0 aliphatic carbocycles. The summed E-state index contributed by atoms with van der Waals surface area (Å²) in [6, 6.07) is -0.869. The number of aliphatic hydroxyl groups is 1. The molecular formula is C60H116N2O6P+. The number of quaternary nitrogens is 1. The molecule has 0 rings (SSSR count). The zero-order valence-corrected chi connectivity index (χ0v) is 47.2. The quantitative estimate of drug-likeness (QED) is 0.0243. The number of amides is 1. The number of unbranched alkanes of at least 4 members (excludes halogenated alkanes) is 35. The van der Waals surface area contributed by atoms with Gasteiger partial charge in [0.2, 0.25) is 5.91 Å². The molecule has 3 unspecified atom stereocenters. The average molecular weight is 993 g/mol. The van der Waals surface area contributed by atoms with E-state index in [0.717, 1.165) is 44.9 Å². The third-order valence-corrected chi connectivity index (χ3v) is 14.2. The van der Waals surface area contributed by atoms with Gasteiger partial charge in [0.15, 0.2) is 0 Å². The van der Waals surface area contributed by atoms with Crippen molar-refractivity contribution in [2.24, 2.45) is 0 Å². The summed E-state index contributed by atoms with van der Waals surface area (Å²) in [6.07, 6.45) is 68.0. The lowest BCUT2D eigenvalue weighted by Gasteiger charge is -2.25. The lowest BCUT2D eigenvalue weighted by molar-refractivity contribution is -0.870. The van der Waals surface area contributed by atoms with E-state index in [2.05, 4.69) is 55.6 Å². The van der Waals surface area contributed by atoms with Gasteiger partial charge in [-0.3, -0.25) is 13.8 Å². The molecule has 0 aromatic rings. The van der Waals surface area contributed by atoms with Gasteiger partial charge >= 0.3 is 7.82 Å². The van der Waals surface area contributed by atoms with Crippen LogP contribution in [-0.4, -0.2) is 73.4 Å². The number of phosphoric ester groups is 1. The number of nitrogens with one attached hydrogen (secondary N) is 1. The topological polar surface area (TPSA) is 105 Å². The zero-order valence-electron chi connectivity index (χ0n) is 46.3. The van der Waals surface area contributed by atoms with Gasteiger partial charge in [0.05, 0.1) is 39.9 Å². The average Bonchev–Trinajstić information content (AvgIpc) is 3.31. The molecule has 3 atom stereocenters. The Balaban J connectivity index is 4.17. The molecule has 8 nitrogen and oxygen atoms in total. The Hall–Kier alpha value is -1.54. The third-order valence-electron chi connectivity index (χ3n) is 13.2. The van der Waals surface area contributed by atoms with Gasteiger partial charge in [-0.1, -0.05) is 249 Å². The molecular weight excluding hydrogens is 876 g/mol. The first-order valence-corrected chi connectivity index (χ1v) is 31.0. The summed E-state index contributed by atoms with van der Waals surface area (Å²) in [5.41, 5.74) is 0. The van der Waals surface area contributed by atoms with E-state index in [0.29, 0.717) is 17.4 Å². The van der Waals surface area contributed by atoms with E-state index in [1.807, 2.05) is 27.2 Å². The summed E-state index contributed by atoms with van der Waals surface area (Å²) in [6.45, 7) is 4.81. The van der Waals surface area contributed by atoms with E-state index in [1.165, 1.54) is 212 Å². The highest BCUT2D eigenvalue weighted by Crippen LogP contribution is 2.43. The summed E-state index contributed by atoms with van der Waals surface area (Å²) >= 11 is 0. The van der Waals surface area contributed by atoms with Crippen LogP contribution in [-0.2, 0) is 18.4 Å². The van der Waals surface area contributed by atoms with Crippen LogP contribution in [0.5, 0.6) is 0 Å². The van der Waals surface area contributed by atoms with Crippen molar-refractivity contribution < 1.29 is 32.9 Å². The highest BCUT2D eigenvalue weighted by molar-refractivity contribution is 7.47. The van der Waals surface area contributed by atoms with Gasteiger partial charge in [-0.25, -0.2) is 4.57 Å². The van der Waals surface area contributed by atoms with Gasteiger partial charge in [-0.15, -0.1) is 0 Å². The summed E-state index contributed by atoms with van der Waals surface area (Å²) in [7, 11) is 1.55. The van der Waals surface area contributed by atoms with Crippen molar-refractivity contribution >= 4 is 13.7 Å². The van der Waals surface area contributed by atoms with E-state index in [-0.39, 0.29) is 19.1 Å². The Morgan fingerprint density at radius 1 is 0.478 bits per heavy atom. The molecule has 0 saturated heterocycles. The molecule has 0 aliphatic rings. The molecule has 0 saturated carbocycles. The van der Waals surface area contributed by atoms with E-state index in [9.17, 15) is 19.4 Å². The lowest BCUT2D eigenvalue weighted by atomic mass is 10.0. The van der Waals surface area contributed by atoms with Crippen LogP contribution in [0.15, 0.2) is 48.6 Å². The Labute approximate surface area is 429 Å². The predicted molar refractivity (Wildman–Crippen MR) is 300 cm³/mol. The monoisotopic (exact) mass is 992 g/mol. The maximum atomic E-state index is 13.0. The van der Waals surface area contributed by atoms with Crippen LogP contribution in [0.3, 0.4) is 0 Å². The van der Waals surface area contributed by atoms with Crippen molar-refractivity contribution in [3.05, 3.63) is 48.6 Å². The largest absolute Gasteiger partial charge is 0.472 e. The van der Waals surface area contributed by atoms with Crippen molar-refractivity contribution in [2.45, 2.75) is 289 Å². The molecule has 0 spiro atoms. The summed E-state index contributed by atoms with van der Waals surface area (Å²) in [5.74, 6) is -0.188. The van der Waals surface area contributed by atoms with Gasteiger partial charge < -0.3 is 19.8 Å². The lowest BCUT2D eigenvalue weighted by Crippen LogP contribution is -2.45. The fraction of sp³-hybridized carbons (Fsp3) is 0.850. The maximum absolute atomic E-state index is 13.0. The number of phosphoric acid groups is 1. The van der Waals surface area contributed by atoms with Crippen molar-refractivity contribution in [3.63, 3.8) is 0 Å². The van der Waals surface area contributed by atoms with Gasteiger partial charge in [-0.05, 0) is 70.6 Å². The number of carbonyl (C=O) groups is 1. The van der Waals surface area contributed by atoms with E-state index in [4.69, 9.17) is 9.05 Å². The van der Waals surface area contributed by atoms with Crippen LogP contribution in [0, 0.1) is 0 Å². The minimum atomic E-state index is -4.36. The van der Waals surface area contributed by atoms with E-state index in [1.54, 1.807) is 6.08 Å². The normalized spacial score (nSPS) is 14.2. The summed E-state index contributed by atoms with van der Waals surface area (Å²) in [4.78, 5) is 23.3. The Kier molecular flexibility index (Phi) is 50.2. The van der Waals surface area contributed by atoms with Crippen LogP contribution in [0.25, 0.3) is 0 Å². The third kappa shape index (κ3) is 54.1. The number of allylic oxidation sites excluding steroid dienone is 7. The van der Waals surface area contributed by atoms with Crippen LogP contribution in [0.4, 0.5) is 0 Å². The Morgan fingerprint density at radius 2 is 0.797 bits per heavy atom. The predicted octanol–water partition coefficient (Wildman–Crippen LogP) is 17.9. The maximum Gasteiger partial charge on any atom is 0.472 e. The summed E-state index contributed by atoms with van der Waals surface area (Å²) < 4.78 is 23.7. The molecule has 0 heterocycles. The Morgan fingerprint density at radius 3 is 1.16 bits per heavy atom. The number of nitrogens with zero attached hydrogens (tertiary/aromatic N) is 1. The molecule has 0 aliphatic heterocycles. The zero-order chi connectivity index (χ0) is 50.6. The first kappa shape index (κ1) is 67.5. The minimum absolute atomic E-state index is 0.0539. The van der Waals surface area contributed by atoms with E-state index < -0.39 is 20.0 Å². The second-order valence-electron chi connectivity index (χ2n) is 21.3. The molecule has 0 aromatic heterocycles. The molecule has 69 heavy (non-hydrogen) atoms. The van der Waals surface area contributed by atoms with Crippen LogP contribution < -0.4 is 5.32 Å². The van der Waals surface area contributed by atoms with Gasteiger partial charge in [0, 0.05) is 6.42 Å². The van der Waals surface area contributed by atoms with Crippen molar-refractivity contribution in [1.82, 2.24) is 5.32 Å². The number of hydrogen-bond donors (Lipinski definition) is 3. The standard InChI is InChI=1S/C60H115N2O6P/c1-6-8-10-12-14-16-18-20-22-24-26-27-28-29-30-31-32-33-34-35-36-38-40-42-44-46-48-50-52-54-60(64)61-58(57-68-69(65,66)67-56-55-62(3,4)5)59(63)53-51-49-47-45-43-41-39-37-25-23-21-19-17-15-13-11-9-7-2/h24-26,37,43,45,51,53,58-59,63H,6-23,27-36,38-42,44,46-50,52,54-57H2,1-5H3,(H-,61,64,65,66)/p+1/b26-24-,37-25+,45-43+,53-51+. The molecule has 0 bridgehead atoms. The SMILES string of the molecule is CCCCCCCCCC/C=C\CCCCCCCCCCCCCCCCCCCC(=O)NC(COP(=O)(O)OCC[N+](C)(C)C)C(O)/C=C/CC/C=C/CC/C=C/CCCCCCCCCC. The number of carbonyl (C=O) groups excluding carboxylic acids is 1. The molecule has 0 radical (unpaired) electrons. The minimum Gasteiger partial charge on any atom is -0.387 e. The molecule has 9 heteroatoms. The molecule has 406 valence electrons. The van der Waals surface area contributed by atoms with Crippen molar-refractivity contribution in [1.29, 1.82) is 0 Å². The number of hydrogen-bond acceptors (Lipinski definition) is 5. The van der Waals surface area contributed by atoms with Crippen molar-refractivity contribution in [2.75, 3.05) is 40.9 Å². The second kappa shape index (κ2) is 51.4. The van der Waals surface area contributed by atoms with Crippen LogP contribution in [0.1, 0.15) is 277 Å². The number of rotatable bonds is 54. The molecule has 1 amide bonds. The van der Waals surface area contributed by atoms with Gasteiger partial charge in [0.1, 0.15) is 13.2 Å². The smallest absolute Gasteiger partial charge is 0.387 e. The fourth-order valence-electron chi connectivity index (χ4n) is 8.60. The number of likely N-dealkylation sites (N-methyl/N-ethyl adjacent to an activating group) is 1. The van der Waals surface area contributed by atoms with Gasteiger partial charge in [-0.2, -0.15) is 0 Å². The Bertz CT molecular complexity index is 1260. The first-order valence-electron chi connectivity index (χ1n) is 29.5.